The molecule has 0 saturated carbocycles. The lowest BCUT2D eigenvalue weighted by molar-refractivity contribution is -0.140. The Labute approximate surface area is 164 Å². The highest BCUT2D eigenvalue weighted by atomic mass is 32.1. The molecule has 0 radical (unpaired) electrons. The van der Waals surface area contributed by atoms with Gasteiger partial charge in [0.25, 0.3) is 5.56 Å². The maximum Gasteiger partial charge on any atom is 0.327 e. The van der Waals surface area contributed by atoms with Gasteiger partial charge >= 0.3 is 5.97 Å². The quantitative estimate of drug-likeness (QED) is 0.493. The van der Waals surface area contributed by atoms with E-state index in [-0.39, 0.29) is 16.9 Å². The molecule has 0 aliphatic rings. The van der Waals surface area contributed by atoms with Gasteiger partial charge in [-0.25, -0.2) is 9.78 Å². The second-order valence-corrected chi connectivity index (χ2v) is 6.51. The summed E-state index contributed by atoms with van der Waals surface area (Å²) in [4.78, 5) is 28.4. The Kier molecular flexibility index (Phi) is 4.55. The molecule has 0 fully saturated rings. The lowest BCUT2D eigenvalue weighted by atomic mass is 10.0. The highest BCUT2D eigenvalue weighted by Crippen LogP contribution is 2.28. The van der Waals surface area contributed by atoms with Crippen molar-refractivity contribution >= 4 is 35.4 Å². The minimum Gasteiger partial charge on any atom is -0.480 e. The van der Waals surface area contributed by atoms with Gasteiger partial charge in [-0.3, -0.25) is 9.36 Å². The van der Waals surface area contributed by atoms with Crippen molar-refractivity contribution in [2.45, 2.75) is 19.4 Å². The number of aromatic nitrogens is 6. The van der Waals surface area contributed by atoms with E-state index in [0.29, 0.717) is 12.1 Å². The first kappa shape index (κ1) is 18.1. The van der Waals surface area contributed by atoms with Gasteiger partial charge in [0.05, 0.1) is 11.3 Å². The van der Waals surface area contributed by atoms with Crippen molar-refractivity contribution in [3.63, 3.8) is 0 Å². The molecule has 1 atom stereocenters. The topological polar surface area (TPSA) is 115 Å². The van der Waals surface area contributed by atoms with Gasteiger partial charge in [-0.2, -0.15) is 22.2 Å². The van der Waals surface area contributed by atoms with Crippen molar-refractivity contribution in [3.8, 4) is 11.1 Å². The number of aryl methyl sites for hydroxylation is 1. The number of aliphatic carboxylic acids is 1. The lowest BCUT2D eigenvalue weighted by Crippen LogP contribution is -2.32. The van der Waals surface area contributed by atoms with E-state index in [9.17, 15) is 14.7 Å². The van der Waals surface area contributed by atoms with Crippen LogP contribution in [-0.4, -0.2) is 46.2 Å². The summed E-state index contributed by atoms with van der Waals surface area (Å²) < 4.78 is 2.49. The van der Waals surface area contributed by atoms with E-state index >= 15 is 0 Å². The standard InChI is InChI=1S/C18H16N6O3S/c1-2-11-13(10-6-4-3-5-7-10)15-21-20-14-16(24(15)22-11)19-9-23(17(14)25)12(8-28)18(26)27/h3-7,9,12,28H,2,8H2,1H3,(H,26,27). The minimum atomic E-state index is -1.17. The number of rotatable bonds is 5. The monoisotopic (exact) mass is 396 g/mol. The summed E-state index contributed by atoms with van der Waals surface area (Å²) in [5, 5.41) is 22.2. The van der Waals surface area contributed by atoms with Crippen molar-refractivity contribution in [1.29, 1.82) is 0 Å². The molecule has 0 bridgehead atoms. The van der Waals surface area contributed by atoms with Crippen LogP contribution in [0.5, 0.6) is 0 Å². The van der Waals surface area contributed by atoms with Gasteiger partial charge < -0.3 is 5.11 Å². The molecule has 0 aliphatic heterocycles. The van der Waals surface area contributed by atoms with Crippen molar-refractivity contribution < 1.29 is 9.90 Å². The molecule has 1 unspecified atom stereocenters. The average Bonchev–Trinajstić information content (AvgIpc) is 3.09. The van der Waals surface area contributed by atoms with Gasteiger partial charge in [0.15, 0.2) is 16.8 Å². The van der Waals surface area contributed by atoms with Crippen LogP contribution in [0, 0.1) is 0 Å². The van der Waals surface area contributed by atoms with Crippen LogP contribution in [0.25, 0.3) is 27.9 Å². The van der Waals surface area contributed by atoms with Gasteiger partial charge in [0.2, 0.25) is 0 Å². The van der Waals surface area contributed by atoms with E-state index in [2.05, 4.69) is 32.9 Å². The number of thiol groups is 1. The van der Waals surface area contributed by atoms with Crippen LogP contribution in [0.4, 0.5) is 0 Å². The molecule has 28 heavy (non-hydrogen) atoms. The lowest BCUT2D eigenvalue weighted by Gasteiger charge is -2.12. The Balaban J connectivity index is 2.02. The number of carboxylic acid groups (broad SMARTS) is 1. The fraction of sp³-hybridized carbons (Fsp3) is 0.222. The van der Waals surface area contributed by atoms with Crippen LogP contribution in [0.3, 0.4) is 0 Å². The Morgan fingerprint density at radius 3 is 2.61 bits per heavy atom. The maximum absolute atomic E-state index is 12.8. The second-order valence-electron chi connectivity index (χ2n) is 6.14. The average molecular weight is 396 g/mol. The van der Waals surface area contributed by atoms with Crippen LogP contribution in [-0.2, 0) is 11.2 Å². The number of carboxylic acids is 1. The number of hydrogen-bond donors (Lipinski definition) is 2. The van der Waals surface area contributed by atoms with E-state index in [1.165, 1.54) is 10.8 Å². The normalized spacial score (nSPS) is 12.5. The van der Waals surface area contributed by atoms with E-state index in [1.54, 1.807) is 0 Å². The second kappa shape index (κ2) is 7.04. The first-order chi connectivity index (χ1) is 13.6. The molecule has 4 aromatic rings. The zero-order valence-electron chi connectivity index (χ0n) is 14.8. The number of nitrogens with zero attached hydrogens (tertiary/aromatic N) is 6. The van der Waals surface area contributed by atoms with E-state index in [1.807, 2.05) is 37.3 Å². The van der Waals surface area contributed by atoms with E-state index in [4.69, 9.17) is 0 Å². The third-order valence-corrected chi connectivity index (χ3v) is 4.87. The minimum absolute atomic E-state index is 0.0483. The molecule has 0 spiro atoms. The Hall–Kier alpha value is -3.27. The van der Waals surface area contributed by atoms with Gasteiger partial charge in [0.1, 0.15) is 12.4 Å². The molecule has 0 aliphatic carbocycles. The van der Waals surface area contributed by atoms with Gasteiger partial charge in [-0.05, 0) is 12.0 Å². The molecular formula is C18H16N6O3S. The largest absolute Gasteiger partial charge is 0.480 e. The fourth-order valence-electron chi connectivity index (χ4n) is 3.14. The molecule has 1 N–H and O–H groups in total. The molecular weight excluding hydrogens is 380 g/mol. The number of fused-ring (bicyclic) bond motifs is 3. The van der Waals surface area contributed by atoms with Crippen LogP contribution >= 0.6 is 12.6 Å². The van der Waals surface area contributed by atoms with Crippen LogP contribution < -0.4 is 5.56 Å². The van der Waals surface area contributed by atoms with Crippen LogP contribution in [0.2, 0.25) is 0 Å². The Bertz CT molecular complexity index is 1250. The molecule has 0 saturated heterocycles. The van der Waals surface area contributed by atoms with E-state index in [0.717, 1.165) is 21.4 Å². The van der Waals surface area contributed by atoms with E-state index < -0.39 is 17.6 Å². The molecule has 0 amide bonds. The molecule has 3 heterocycles. The highest BCUT2D eigenvalue weighted by molar-refractivity contribution is 7.80. The molecule has 142 valence electrons. The molecule has 3 aromatic heterocycles. The maximum atomic E-state index is 12.8. The zero-order valence-corrected chi connectivity index (χ0v) is 15.7. The molecule has 10 heteroatoms. The summed E-state index contributed by atoms with van der Waals surface area (Å²) in [5.74, 6) is -1.23. The predicted octanol–water partition coefficient (Wildman–Crippen LogP) is 1.62. The van der Waals surface area contributed by atoms with Crippen molar-refractivity contribution in [2.24, 2.45) is 0 Å². The first-order valence-corrected chi connectivity index (χ1v) is 9.24. The summed E-state index contributed by atoms with van der Waals surface area (Å²) >= 11 is 4.01. The highest BCUT2D eigenvalue weighted by Gasteiger charge is 2.23. The van der Waals surface area contributed by atoms with Crippen molar-refractivity contribution in [1.82, 2.24) is 29.4 Å². The SMILES string of the molecule is CCc1nn2c(nnc3c(=O)n(C(CS)C(=O)O)cnc32)c1-c1ccccc1. The summed E-state index contributed by atoms with van der Waals surface area (Å²) in [7, 11) is 0. The summed E-state index contributed by atoms with van der Waals surface area (Å²) in [5.41, 5.74) is 2.65. The third-order valence-electron chi connectivity index (χ3n) is 4.52. The summed E-state index contributed by atoms with van der Waals surface area (Å²) in [6, 6.07) is 8.54. The molecule has 1 aromatic carbocycles. The zero-order chi connectivity index (χ0) is 19.8. The Morgan fingerprint density at radius 2 is 1.96 bits per heavy atom. The smallest absolute Gasteiger partial charge is 0.327 e. The Morgan fingerprint density at radius 1 is 1.21 bits per heavy atom. The van der Waals surface area contributed by atoms with Crippen molar-refractivity contribution in [2.75, 3.05) is 5.75 Å². The first-order valence-electron chi connectivity index (χ1n) is 8.61. The van der Waals surface area contributed by atoms with Gasteiger partial charge in [-0.15, -0.1) is 10.2 Å². The third kappa shape index (κ3) is 2.73. The van der Waals surface area contributed by atoms with Crippen molar-refractivity contribution in [3.05, 3.63) is 52.7 Å². The molecule has 9 nitrogen and oxygen atoms in total. The van der Waals surface area contributed by atoms with Gasteiger partial charge in [0, 0.05) is 5.75 Å². The fourth-order valence-corrected chi connectivity index (χ4v) is 3.47. The summed E-state index contributed by atoms with van der Waals surface area (Å²) in [6.07, 6.45) is 1.85. The number of benzene rings is 1. The number of hydrogen-bond acceptors (Lipinski definition) is 7. The summed E-state index contributed by atoms with van der Waals surface area (Å²) in [6.45, 7) is 1.98. The number of carbonyl (C=O) groups is 1. The van der Waals surface area contributed by atoms with Crippen LogP contribution in [0.1, 0.15) is 18.7 Å². The molecule has 4 rings (SSSR count). The van der Waals surface area contributed by atoms with Gasteiger partial charge in [-0.1, -0.05) is 37.3 Å². The predicted molar refractivity (Wildman–Crippen MR) is 106 cm³/mol. The van der Waals surface area contributed by atoms with Crippen LogP contribution in [0.15, 0.2) is 41.5 Å².